The van der Waals surface area contributed by atoms with Crippen molar-refractivity contribution in [1.29, 1.82) is 0 Å². The molecule has 1 aliphatic carbocycles. The fraction of sp³-hybridized carbons (Fsp3) is 0.412. The number of carboxylic acid groups (broad SMARTS) is 1. The summed E-state index contributed by atoms with van der Waals surface area (Å²) in [6.45, 7) is 1.94. The van der Waals surface area contributed by atoms with Crippen LogP contribution in [0.4, 0.5) is 0 Å². The van der Waals surface area contributed by atoms with Gasteiger partial charge in [-0.25, -0.2) is 4.79 Å². The minimum absolute atomic E-state index is 0.199. The number of carboxylic acids is 1. The molecular weight excluding hydrogens is 280 g/mol. The summed E-state index contributed by atoms with van der Waals surface area (Å²) >= 11 is 0. The molecule has 1 aliphatic rings. The second-order valence-electron chi connectivity index (χ2n) is 6.09. The fourth-order valence-electron chi connectivity index (χ4n) is 3.41. The van der Waals surface area contributed by atoms with Gasteiger partial charge in [-0.3, -0.25) is 4.79 Å². The van der Waals surface area contributed by atoms with Gasteiger partial charge in [-0.05, 0) is 31.4 Å². The van der Waals surface area contributed by atoms with E-state index in [4.69, 9.17) is 0 Å². The van der Waals surface area contributed by atoms with Crippen molar-refractivity contribution < 1.29 is 14.7 Å². The van der Waals surface area contributed by atoms with Crippen LogP contribution in [0.5, 0.6) is 0 Å². The average molecular weight is 300 g/mol. The maximum absolute atomic E-state index is 12.4. The fourth-order valence-corrected chi connectivity index (χ4v) is 3.41. The van der Waals surface area contributed by atoms with Crippen LogP contribution in [0, 0.1) is 6.92 Å². The number of benzene rings is 1. The number of hydrogen-bond donors (Lipinski definition) is 3. The van der Waals surface area contributed by atoms with Gasteiger partial charge >= 0.3 is 5.97 Å². The van der Waals surface area contributed by atoms with Gasteiger partial charge in [0.05, 0.1) is 6.42 Å². The molecule has 3 rings (SSSR count). The molecule has 0 aliphatic heterocycles. The topological polar surface area (TPSA) is 82.2 Å². The third-order valence-corrected chi connectivity index (χ3v) is 4.61. The smallest absolute Gasteiger partial charge is 0.329 e. The lowest BCUT2D eigenvalue weighted by Gasteiger charge is -2.25. The Morgan fingerprint density at radius 3 is 2.64 bits per heavy atom. The Hall–Kier alpha value is -2.30. The second-order valence-corrected chi connectivity index (χ2v) is 6.09. The predicted octanol–water partition coefficient (Wildman–Crippen LogP) is 2.53. The van der Waals surface area contributed by atoms with Crippen LogP contribution in [0.1, 0.15) is 36.9 Å². The van der Waals surface area contributed by atoms with Crippen molar-refractivity contribution in [2.24, 2.45) is 0 Å². The third kappa shape index (κ3) is 2.47. The largest absolute Gasteiger partial charge is 0.480 e. The maximum Gasteiger partial charge on any atom is 0.329 e. The lowest BCUT2D eigenvalue weighted by Crippen LogP contribution is -2.52. The monoisotopic (exact) mass is 300 g/mol. The number of aromatic nitrogens is 1. The van der Waals surface area contributed by atoms with Gasteiger partial charge in [0.25, 0.3) is 0 Å². The number of nitrogens with one attached hydrogen (secondary N) is 2. The standard InChI is InChI=1S/C17H20N2O3/c1-11-13(12-6-2-3-7-14(12)18-11)10-15(20)19-17(16(21)22)8-4-5-9-17/h2-3,6-7,18H,4-5,8-10H2,1H3,(H,19,20)(H,21,22). The molecule has 116 valence electrons. The highest BCUT2D eigenvalue weighted by atomic mass is 16.4. The van der Waals surface area contributed by atoms with Crippen LogP contribution in [-0.2, 0) is 16.0 Å². The Bertz CT molecular complexity index is 727. The molecule has 3 N–H and O–H groups in total. The number of carbonyl (C=O) groups excluding carboxylic acids is 1. The van der Waals surface area contributed by atoms with Gasteiger partial charge in [0.2, 0.25) is 5.91 Å². The van der Waals surface area contributed by atoms with E-state index in [9.17, 15) is 14.7 Å². The van der Waals surface area contributed by atoms with E-state index in [1.54, 1.807) is 0 Å². The molecule has 2 aromatic rings. The minimum atomic E-state index is -1.07. The number of H-pyrrole nitrogens is 1. The van der Waals surface area contributed by atoms with Crippen LogP contribution >= 0.6 is 0 Å². The van der Waals surface area contributed by atoms with E-state index in [2.05, 4.69) is 10.3 Å². The van der Waals surface area contributed by atoms with Crippen molar-refractivity contribution in [2.75, 3.05) is 0 Å². The van der Waals surface area contributed by atoms with Gasteiger partial charge < -0.3 is 15.4 Å². The van der Waals surface area contributed by atoms with Crippen molar-refractivity contribution in [3.63, 3.8) is 0 Å². The molecule has 1 fully saturated rings. The van der Waals surface area contributed by atoms with E-state index in [1.807, 2.05) is 31.2 Å². The van der Waals surface area contributed by atoms with Gasteiger partial charge in [-0.2, -0.15) is 0 Å². The molecule has 0 unspecified atom stereocenters. The van der Waals surface area contributed by atoms with Gasteiger partial charge in [0.1, 0.15) is 5.54 Å². The Morgan fingerprint density at radius 1 is 1.27 bits per heavy atom. The molecule has 1 amide bonds. The first-order chi connectivity index (χ1) is 10.5. The van der Waals surface area contributed by atoms with E-state index in [0.717, 1.165) is 35.0 Å². The molecule has 5 heteroatoms. The number of fused-ring (bicyclic) bond motifs is 1. The molecule has 1 aromatic heterocycles. The van der Waals surface area contributed by atoms with Crippen LogP contribution in [0.15, 0.2) is 24.3 Å². The van der Waals surface area contributed by atoms with E-state index < -0.39 is 11.5 Å². The van der Waals surface area contributed by atoms with Gasteiger partial charge in [0.15, 0.2) is 0 Å². The van der Waals surface area contributed by atoms with Crippen molar-refractivity contribution in [3.05, 3.63) is 35.5 Å². The number of para-hydroxylation sites is 1. The van der Waals surface area contributed by atoms with Crippen molar-refractivity contribution >= 4 is 22.8 Å². The number of hydrogen-bond acceptors (Lipinski definition) is 2. The van der Waals surface area contributed by atoms with E-state index >= 15 is 0 Å². The number of carbonyl (C=O) groups is 2. The number of aromatic amines is 1. The normalized spacial score (nSPS) is 16.8. The highest BCUT2D eigenvalue weighted by Gasteiger charge is 2.42. The summed E-state index contributed by atoms with van der Waals surface area (Å²) in [6, 6.07) is 7.83. The predicted molar refractivity (Wildman–Crippen MR) is 83.7 cm³/mol. The molecule has 1 heterocycles. The zero-order chi connectivity index (χ0) is 15.7. The van der Waals surface area contributed by atoms with E-state index in [-0.39, 0.29) is 12.3 Å². The first-order valence-electron chi connectivity index (χ1n) is 7.62. The zero-order valence-electron chi connectivity index (χ0n) is 12.6. The third-order valence-electron chi connectivity index (χ3n) is 4.61. The Kier molecular flexibility index (Phi) is 3.64. The summed E-state index contributed by atoms with van der Waals surface area (Å²) in [5.41, 5.74) is 1.81. The molecule has 0 spiro atoms. The van der Waals surface area contributed by atoms with Gasteiger partial charge in [-0.15, -0.1) is 0 Å². The molecule has 0 radical (unpaired) electrons. The maximum atomic E-state index is 12.4. The molecule has 1 aromatic carbocycles. The first-order valence-corrected chi connectivity index (χ1v) is 7.62. The van der Waals surface area contributed by atoms with Crippen molar-refractivity contribution in [2.45, 2.75) is 44.6 Å². The highest BCUT2D eigenvalue weighted by molar-refractivity contribution is 5.92. The van der Waals surface area contributed by atoms with Crippen LogP contribution < -0.4 is 5.32 Å². The highest BCUT2D eigenvalue weighted by Crippen LogP contribution is 2.30. The van der Waals surface area contributed by atoms with Crippen LogP contribution in [-0.4, -0.2) is 27.5 Å². The quantitative estimate of drug-likeness (QED) is 0.811. The summed E-state index contributed by atoms with van der Waals surface area (Å²) < 4.78 is 0. The first kappa shape index (κ1) is 14.6. The van der Waals surface area contributed by atoms with E-state index in [0.29, 0.717) is 12.8 Å². The Labute approximate surface area is 128 Å². The van der Waals surface area contributed by atoms with Crippen molar-refractivity contribution in [3.8, 4) is 0 Å². The summed E-state index contributed by atoms with van der Waals surface area (Å²) in [7, 11) is 0. The number of aryl methyl sites for hydroxylation is 1. The van der Waals surface area contributed by atoms with Crippen LogP contribution in [0.2, 0.25) is 0 Å². The molecule has 5 nitrogen and oxygen atoms in total. The average Bonchev–Trinajstić information content (AvgIpc) is 3.06. The van der Waals surface area contributed by atoms with Gasteiger partial charge in [-0.1, -0.05) is 31.0 Å². The number of amides is 1. The minimum Gasteiger partial charge on any atom is -0.480 e. The Balaban J connectivity index is 1.81. The van der Waals surface area contributed by atoms with E-state index in [1.165, 1.54) is 0 Å². The lowest BCUT2D eigenvalue weighted by atomic mass is 9.97. The summed E-state index contributed by atoms with van der Waals surface area (Å²) in [5, 5.41) is 13.2. The summed E-state index contributed by atoms with van der Waals surface area (Å²) in [4.78, 5) is 27.2. The molecule has 0 bridgehead atoms. The van der Waals surface area contributed by atoms with Crippen molar-refractivity contribution in [1.82, 2.24) is 10.3 Å². The zero-order valence-corrected chi connectivity index (χ0v) is 12.6. The summed E-state index contributed by atoms with van der Waals surface area (Å²) in [5.74, 6) is -1.15. The molecule has 0 atom stereocenters. The number of aliphatic carboxylic acids is 1. The Morgan fingerprint density at radius 2 is 1.95 bits per heavy atom. The van der Waals surface area contributed by atoms with Gasteiger partial charge in [0, 0.05) is 16.6 Å². The number of rotatable bonds is 4. The lowest BCUT2D eigenvalue weighted by molar-refractivity contribution is -0.147. The SMILES string of the molecule is Cc1[nH]c2ccccc2c1CC(=O)NC1(C(=O)O)CCCC1. The van der Waals surface area contributed by atoms with Crippen LogP contribution in [0.25, 0.3) is 10.9 Å². The molecule has 22 heavy (non-hydrogen) atoms. The van der Waals surface area contributed by atoms with Crippen LogP contribution in [0.3, 0.4) is 0 Å². The summed E-state index contributed by atoms with van der Waals surface area (Å²) in [6.07, 6.45) is 2.92. The molecule has 1 saturated carbocycles. The second kappa shape index (κ2) is 5.48. The molecular formula is C17H20N2O3. The molecule has 0 saturated heterocycles.